The number of anilines is 4. The molecule has 8 heteroatoms. The molecule has 5 rings (SSSR count). The number of benzene rings is 2. The van der Waals surface area contributed by atoms with E-state index in [1.54, 1.807) is 12.1 Å². The molecular weight excluding hydrogens is 425 g/mol. The van der Waals surface area contributed by atoms with Crippen LogP contribution in [0, 0.1) is 12.7 Å². The number of aryl methyl sites for hydroxylation is 2. The first-order chi connectivity index (χ1) is 15.5. The number of nitrogens with zero attached hydrogens (tertiary/aromatic N) is 4. The molecule has 0 saturated carbocycles. The summed E-state index contributed by atoms with van der Waals surface area (Å²) in [5.41, 5.74) is 3.88. The topological polar surface area (TPSA) is 67.3 Å². The lowest BCUT2D eigenvalue weighted by molar-refractivity contribution is 0.539. The quantitative estimate of drug-likeness (QED) is 0.604. The largest absolute Gasteiger partial charge is 0.611 e. The average Bonchev–Trinajstić information content (AvgIpc) is 3.15. The van der Waals surface area contributed by atoms with Crippen LogP contribution >= 0.6 is 0 Å². The number of rotatable bonds is 4. The average molecular weight is 452 g/mol. The molecule has 1 aromatic heterocycles. The monoisotopic (exact) mass is 451 g/mol. The minimum absolute atomic E-state index is 0.206. The van der Waals surface area contributed by atoms with Gasteiger partial charge in [0, 0.05) is 43.5 Å². The molecule has 0 radical (unpaired) electrons. The van der Waals surface area contributed by atoms with Gasteiger partial charge >= 0.3 is 0 Å². The van der Waals surface area contributed by atoms with Crippen molar-refractivity contribution < 1.29 is 8.94 Å². The van der Waals surface area contributed by atoms with E-state index in [2.05, 4.69) is 53.2 Å². The maximum Gasteiger partial charge on any atom is 0.228 e. The third kappa shape index (κ3) is 4.12. The Labute approximate surface area is 190 Å². The van der Waals surface area contributed by atoms with E-state index in [0.29, 0.717) is 34.5 Å². The number of aromatic nitrogens is 2. The maximum absolute atomic E-state index is 13.7. The van der Waals surface area contributed by atoms with E-state index in [-0.39, 0.29) is 11.9 Å². The zero-order valence-corrected chi connectivity index (χ0v) is 19.0. The van der Waals surface area contributed by atoms with Gasteiger partial charge in [-0.05, 0) is 55.4 Å². The number of hydrogen-bond acceptors (Lipinski definition) is 6. The summed E-state index contributed by atoms with van der Waals surface area (Å²) < 4.78 is 26.3. The van der Waals surface area contributed by atoms with E-state index in [9.17, 15) is 8.94 Å². The maximum atomic E-state index is 13.7. The Morgan fingerprint density at radius 3 is 2.69 bits per heavy atom. The van der Waals surface area contributed by atoms with Gasteiger partial charge in [0.15, 0.2) is 5.82 Å². The fraction of sp³-hybridized carbons (Fsp3) is 0.333. The lowest BCUT2D eigenvalue weighted by Crippen LogP contribution is -2.52. The van der Waals surface area contributed by atoms with Crippen molar-refractivity contribution in [2.24, 2.45) is 0 Å². The molecule has 1 N–H and O–H groups in total. The van der Waals surface area contributed by atoms with E-state index in [4.69, 9.17) is 9.97 Å². The summed E-state index contributed by atoms with van der Waals surface area (Å²) in [7, 11) is 0. The molecule has 0 spiro atoms. The van der Waals surface area contributed by atoms with Crippen molar-refractivity contribution in [3.63, 3.8) is 0 Å². The second-order valence-electron chi connectivity index (χ2n) is 8.41. The molecule has 0 bridgehead atoms. The predicted molar refractivity (Wildman–Crippen MR) is 127 cm³/mol. The lowest BCUT2D eigenvalue weighted by atomic mass is 10.1. The second-order valence-corrected chi connectivity index (χ2v) is 9.91. The standard InChI is InChI=1S/C24H26FN5OS/c1-16-6-8-20(9-7-16)29-11-12-30(17(2)15-29)24-27-21-10-13-32(31)22(21)23(28-24)26-19-5-3-4-18(25)14-19/h3-9,14,17H,10-13,15H2,1-2H3,(H,26,27,28)/t17-,32?/m0/s1. The molecule has 3 heterocycles. The van der Waals surface area contributed by atoms with Crippen molar-refractivity contribution in [1.29, 1.82) is 0 Å². The van der Waals surface area contributed by atoms with Crippen molar-refractivity contribution in [2.75, 3.05) is 40.5 Å². The molecule has 2 atom stereocenters. The second kappa shape index (κ2) is 8.60. The van der Waals surface area contributed by atoms with Crippen molar-refractivity contribution in [2.45, 2.75) is 31.2 Å². The molecule has 0 amide bonds. The zero-order chi connectivity index (χ0) is 22.2. The van der Waals surface area contributed by atoms with Gasteiger partial charge in [-0.3, -0.25) is 0 Å². The van der Waals surface area contributed by atoms with Gasteiger partial charge in [0.2, 0.25) is 10.8 Å². The van der Waals surface area contributed by atoms with Gasteiger partial charge in [-0.15, -0.1) is 0 Å². The Hall–Kier alpha value is -2.84. The van der Waals surface area contributed by atoms with Crippen LogP contribution in [0.4, 0.5) is 27.5 Å². The Morgan fingerprint density at radius 2 is 1.94 bits per heavy atom. The minimum atomic E-state index is -1.15. The van der Waals surface area contributed by atoms with Crippen LogP contribution in [0.15, 0.2) is 53.4 Å². The van der Waals surface area contributed by atoms with E-state index in [1.807, 2.05) is 0 Å². The number of fused-ring (bicyclic) bond motifs is 1. The van der Waals surface area contributed by atoms with Gasteiger partial charge < -0.3 is 19.7 Å². The first-order valence-electron chi connectivity index (χ1n) is 10.9. The first kappa shape index (κ1) is 21.0. The van der Waals surface area contributed by atoms with E-state index in [1.165, 1.54) is 23.4 Å². The van der Waals surface area contributed by atoms with Crippen LogP contribution in [-0.4, -0.2) is 45.9 Å². The van der Waals surface area contributed by atoms with Crippen LogP contribution in [-0.2, 0) is 17.6 Å². The Kier molecular flexibility index (Phi) is 5.65. The Morgan fingerprint density at radius 1 is 1.12 bits per heavy atom. The van der Waals surface area contributed by atoms with Crippen LogP contribution in [0.3, 0.4) is 0 Å². The highest BCUT2D eigenvalue weighted by molar-refractivity contribution is 7.91. The molecule has 166 valence electrons. The summed E-state index contributed by atoms with van der Waals surface area (Å²) in [6, 6.07) is 15.0. The number of hydrogen-bond donors (Lipinski definition) is 1. The molecule has 2 aromatic carbocycles. The molecule has 32 heavy (non-hydrogen) atoms. The summed E-state index contributed by atoms with van der Waals surface area (Å²) in [5.74, 6) is 1.36. The van der Waals surface area contributed by atoms with Gasteiger partial charge in [0.25, 0.3) is 0 Å². The van der Waals surface area contributed by atoms with Gasteiger partial charge in [-0.2, -0.15) is 4.98 Å². The van der Waals surface area contributed by atoms with Gasteiger partial charge in [-0.25, -0.2) is 9.37 Å². The highest BCUT2D eigenvalue weighted by atomic mass is 32.2. The molecule has 1 unspecified atom stereocenters. The fourth-order valence-corrected chi connectivity index (χ4v) is 5.65. The molecule has 1 saturated heterocycles. The van der Waals surface area contributed by atoms with Gasteiger partial charge in [0.05, 0.1) is 0 Å². The van der Waals surface area contributed by atoms with E-state index in [0.717, 1.165) is 25.3 Å². The molecule has 2 aliphatic heterocycles. The zero-order valence-electron chi connectivity index (χ0n) is 18.2. The van der Waals surface area contributed by atoms with Crippen LogP contribution in [0.25, 0.3) is 0 Å². The highest BCUT2D eigenvalue weighted by Gasteiger charge is 2.34. The molecule has 6 nitrogen and oxygen atoms in total. The molecule has 3 aromatic rings. The van der Waals surface area contributed by atoms with Crippen molar-refractivity contribution in [1.82, 2.24) is 9.97 Å². The number of piperazine rings is 1. The summed E-state index contributed by atoms with van der Waals surface area (Å²) >= 11 is -1.15. The molecule has 1 fully saturated rings. The minimum Gasteiger partial charge on any atom is -0.611 e. The lowest BCUT2D eigenvalue weighted by Gasteiger charge is -2.41. The summed E-state index contributed by atoms with van der Waals surface area (Å²) in [6.07, 6.45) is 0.660. The fourth-order valence-electron chi connectivity index (χ4n) is 4.34. The van der Waals surface area contributed by atoms with Gasteiger partial charge in [-0.1, -0.05) is 23.8 Å². The smallest absolute Gasteiger partial charge is 0.228 e. The van der Waals surface area contributed by atoms with Gasteiger partial charge in [0.1, 0.15) is 17.3 Å². The van der Waals surface area contributed by atoms with E-state index < -0.39 is 11.2 Å². The van der Waals surface area contributed by atoms with Crippen LogP contribution < -0.4 is 15.1 Å². The van der Waals surface area contributed by atoms with Crippen LogP contribution in [0.1, 0.15) is 18.2 Å². The first-order valence-corrected chi connectivity index (χ1v) is 12.2. The molecule has 2 aliphatic rings. The van der Waals surface area contributed by atoms with E-state index >= 15 is 0 Å². The Bertz CT molecular complexity index is 1130. The summed E-state index contributed by atoms with van der Waals surface area (Å²) in [5, 5.41) is 3.19. The highest BCUT2D eigenvalue weighted by Crippen LogP contribution is 2.34. The summed E-state index contributed by atoms with van der Waals surface area (Å²) in [4.78, 5) is 14.8. The third-order valence-corrected chi connectivity index (χ3v) is 7.51. The SMILES string of the molecule is Cc1ccc(N2CCN(c3nc4c(c(Nc5cccc(F)c5)n3)[S+]([O-])CC4)[C@@H](C)C2)cc1. The normalized spacial score (nSPS) is 20.4. The predicted octanol–water partition coefficient (Wildman–Crippen LogP) is 4.05. The van der Waals surface area contributed by atoms with Crippen molar-refractivity contribution >= 4 is 34.3 Å². The third-order valence-electron chi connectivity index (χ3n) is 6.05. The van der Waals surface area contributed by atoms with Crippen molar-refractivity contribution in [3.05, 3.63) is 65.6 Å². The number of halogens is 1. The van der Waals surface area contributed by atoms with Crippen LogP contribution in [0.5, 0.6) is 0 Å². The Balaban J connectivity index is 1.42. The molecule has 0 aliphatic carbocycles. The molecular formula is C24H26FN5OS. The number of nitrogens with one attached hydrogen (secondary N) is 1. The summed E-state index contributed by atoms with van der Waals surface area (Å²) in [6.45, 7) is 6.79. The van der Waals surface area contributed by atoms with Crippen LogP contribution in [0.2, 0.25) is 0 Å². The van der Waals surface area contributed by atoms with Crippen molar-refractivity contribution in [3.8, 4) is 0 Å².